The summed E-state index contributed by atoms with van der Waals surface area (Å²) in [5.41, 5.74) is 3.96. The highest BCUT2D eigenvalue weighted by Gasteiger charge is 2.23. The molecule has 0 bridgehead atoms. The Bertz CT molecular complexity index is 909. The summed E-state index contributed by atoms with van der Waals surface area (Å²) in [6.45, 7) is 15.1. The van der Waals surface area contributed by atoms with Gasteiger partial charge in [0.05, 0.1) is 17.9 Å². The molecule has 0 radical (unpaired) electrons. The van der Waals surface area contributed by atoms with Gasteiger partial charge in [0, 0.05) is 24.4 Å². The maximum absolute atomic E-state index is 12.9. The van der Waals surface area contributed by atoms with Crippen LogP contribution in [0.25, 0.3) is 5.69 Å². The van der Waals surface area contributed by atoms with E-state index in [4.69, 9.17) is 5.10 Å². The lowest BCUT2D eigenvalue weighted by molar-refractivity contribution is -0.134. The third kappa shape index (κ3) is 6.42. The quantitative estimate of drug-likeness (QED) is 0.603. The number of nitrogens with zero attached hydrogens (tertiary/aromatic N) is 3. The molecule has 1 aromatic heterocycles. The van der Waals surface area contributed by atoms with Gasteiger partial charge in [0.2, 0.25) is 11.8 Å². The van der Waals surface area contributed by atoms with Gasteiger partial charge in [-0.1, -0.05) is 53.2 Å². The number of hydrogen-bond donors (Lipinski definition) is 1. The first kappa shape index (κ1) is 24.6. The number of carbonyl (C=O) groups excluding carboxylic acids is 2. The summed E-state index contributed by atoms with van der Waals surface area (Å²) in [5, 5.41) is 7.83. The Balaban J connectivity index is 2.32. The molecule has 0 atom stereocenters. The van der Waals surface area contributed by atoms with Crippen molar-refractivity contribution in [1.82, 2.24) is 14.7 Å². The second-order valence-electron chi connectivity index (χ2n) is 9.26. The third-order valence-electron chi connectivity index (χ3n) is 5.47. The summed E-state index contributed by atoms with van der Waals surface area (Å²) in [5.74, 6) is 0.462. The Morgan fingerprint density at radius 2 is 1.84 bits per heavy atom. The van der Waals surface area contributed by atoms with E-state index in [9.17, 15) is 9.59 Å². The van der Waals surface area contributed by atoms with Crippen molar-refractivity contribution < 1.29 is 9.59 Å². The van der Waals surface area contributed by atoms with Crippen molar-refractivity contribution in [3.63, 3.8) is 0 Å². The number of benzene rings is 1. The molecule has 0 fully saturated rings. The van der Waals surface area contributed by atoms with Crippen LogP contribution in [0.3, 0.4) is 0 Å². The van der Waals surface area contributed by atoms with E-state index < -0.39 is 0 Å². The number of amides is 2. The summed E-state index contributed by atoms with van der Waals surface area (Å²) in [7, 11) is 0. The van der Waals surface area contributed by atoms with Crippen LogP contribution in [0.2, 0.25) is 0 Å². The van der Waals surface area contributed by atoms with Crippen molar-refractivity contribution in [2.24, 2.45) is 0 Å². The van der Waals surface area contributed by atoms with E-state index in [-0.39, 0.29) is 23.8 Å². The second kappa shape index (κ2) is 10.6. The predicted molar refractivity (Wildman–Crippen MR) is 127 cm³/mol. The zero-order chi connectivity index (χ0) is 23.2. The molecule has 2 rings (SSSR count). The van der Waals surface area contributed by atoms with E-state index in [0.29, 0.717) is 18.8 Å². The summed E-state index contributed by atoms with van der Waals surface area (Å²) in [6, 6.07) is 8.00. The van der Waals surface area contributed by atoms with Crippen LogP contribution >= 0.6 is 0 Å². The van der Waals surface area contributed by atoms with E-state index in [2.05, 4.69) is 52.9 Å². The van der Waals surface area contributed by atoms with Gasteiger partial charge in [-0.15, -0.1) is 0 Å². The van der Waals surface area contributed by atoms with E-state index in [1.165, 1.54) is 5.56 Å². The van der Waals surface area contributed by atoms with Crippen LogP contribution in [0.5, 0.6) is 0 Å². The van der Waals surface area contributed by atoms with E-state index in [1.54, 1.807) is 4.90 Å². The Kier molecular flexibility index (Phi) is 8.43. The highest BCUT2D eigenvalue weighted by molar-refractivity contribution is 5.94. The first-order valence-electron chi connectivity index (χ1n) is 11.3. The first-order valence-corrected chi connectivity index (χ1v) is 11.3. The van der Waals surface area contributed by atoms with Gasteiger partial charge in [0.25, 0.3) is 0 Å². The Morgan fingerprint density at radius 1 is 1.13 bits per heavy atom. The third-order valence-corrected chi connectivity index (χ3v) is 5.47. The van der Waals surface area contributed by atoms with Crippen LogP contribution in [0, 0.1) is 13.8 Å². The van der Waals surface area contributed by atoms with E-state index in [0.717, 1.165) is 36.2 Å². The fourth-order valence-corrected chi connectivity index (χ4v) is 3.39. The standard InChI is InChI=1S/C25H38N4O2/c1-8-10-14-24(31)28(15-9-2)17-23(30)26-22-16-21(25(5,6)7)27-29(22)20-13-11-12-18(3)19(20)4/h11-13,16H,8-10,14-15,17H2,1-7H3,(H,26,30). The molecule has 2 aromatic rings. The van der Waals surface area contributed by atoms with Gasteiger partial charge in [0.15, 0.2) is 0 Å². The topological polar surface area (TPSA) is 67.2 Å². The molecule has 1 N–H and O–H groups in total. The molecule has 1 aromatic carbocycles. The maximum Gasteiger partial charge on any atom is 0.245 e. The number of rotatable bonds is 9. The molecule has 6 heteroatoms. The average molecular weight is 427 g/mol. The van der Waals surface area contributed by atoms with E-state index >= 15 is 0 Å². The Morgan fingerprint density at radius 3 is 2.45 bits per heavy atom. The zero-order valence-corrected chi connectivity index (χ0v) is 20.2. The molecule has 1 heterocycles. The molecule has 0 saturated heterocycles. The first-order chi connectivity index (χ1) is 14.6. The molecule has 0 aliphatic rings. The van der Waals surface area contributed by atoms with Crippen LogP contribution in [-0.2, 0) is 15.0 Å². The molecule has 0 aliphatic heterocycles. The number of hydrogen-bond acceptors (Lipinski definition) is 3. The second-order valence-corrected chi connectivity index (χ2v) is 9.26. The molecule has 0 spiro atoms. The van der Waals surface area contributed by atoms with Crippen LogP contribution < -0.4 is 5.32 Å². The summed E-state index contributed by atoms with van der Waals surface area (Å²) in [4.78, 5) is 27.1. The van der Waals surface area contributed by atoms with Gasteiger partial charge in [-0.3, -0.25) is 9.59 Å². The van der Waals surface area contributed by atoms with Crippen LogP contribution in [0.4, 0.5) is 5.82 Å². The molecule has 6 nitrogen and oxygen atoms in total. The summed E-state index contributed by atoms with van der Waals surface area (Å²) < 4.78 is 1.81. The van der Waals surface area contributed by atoms with E-state index in [1.807, 2.05) is 29.8 Å². The summed E-state index contributed by atoms with van der Waals surface area (Å²) in [6.07, 6.45) is 3.11. The molecule has 0 saturated carbocycles. The zero-order valence-electron chi connectivity index (χ0n) is 20.2. The van der Waals surface area contributed by atoms with Gasteiger partial charge < -0.3 is 10.2 Å². The number of carbonyl (C=O) groups is 2. The smallest absolute Gasteiger partial charge is 0.245 e. The molecule has 0 unspecified atom stereocenters. The minimum atomic E-state index is -0.204. The molecule has 2 amide bonds. The normalized spacial score (nSPS) is 11.5. The van der Waals surface area contributed by atoms with Crippen molar-refractivity contribution in [3.8, 4) is 5.69 Å². The molecule has 31 heavy (non-hydrogen) atoms. The molecule has 170 valence electrons. The molecular formula is C25H38N4O2. The Labute approximate surface area is 187 Å². The minimum absolute atomic E-state index is 0.0391. The number of nitrogens with one attached hydrogen (secondary N) is 1. The highest BCUT2D eigenvalue weighted by Crippen LogP contribution is 2.28. The highest BCUT2D eigenvalue weighted by atomic mass is 16.2. The fourth-order valence-electron chi connectivity index (χ4n) is 3.39. The lowest BCUT2D eigenvalue weighted by atomic mass is 9.92. The lowest BCUT2D eigenvalue weighted by Crippen LogP contribution is -2.38. The van der Waals surface area contributed by atoms with Gasteiger partial charge >= 0.3 is 0 Å². The molecule has 0 aliphatic carbocycles. The largest absolute Gasteiger partial charge is 0.333 e. The number of aromatic nitrogens is 2. The van der Waals surface area contributed by atoms with Crippen molar-refractivity contribution in [1.29, 1.82) is 0 Å². The van der Waals surface area contributed by atoms with Gasteiger partial charge in [0.1, 0.15) is 5.82 Å². The minimum Gasteiger partial charge on any atom is -0.333 e. The van der Waals surface area contributed by atoms with Crippen LogP contribution in [-0.4, -0.2) is 39.6 Å². The van der Waals surface area contributed by atoms with Crippen molar-refractivity contribution in [2.75, 3.05) is 18.4 Å². The number of aryl methyl sites for hydroxylation is 1. The number of unbranched alkanes of at least 4 members (excludes halogenated alkanes) is 1. The van der Waals surface area contributed by atoms with Gasteiger partial charge in [-0.05, 0) is 43.9 Å². The SMILES string of the molecule is CCCCC(=O)N(CCC)CC(=O)Nc1cc(C(C)(C)C)nn1-c1cccc(C)c1C. The van der Waals surface area contributed by atoms with Crippen molar-refractivity contribution >= 4 is 17.6 Å². The average Bonchev–Trinajstić information content (AvgIpc) is 3.11. The lowest BCUT2D eigenvalue weighted by Gasteiger charge is -2.22. The Hall–Kier alpha value is -2.63. The maximum atomic E-state index is 12.9. The number of anilines is 1. The van der Waals surface area contributed by atoms with Crippen molar-refractivity contribution in [2.45, 2.75) is 79.6 Å². The van der Waals surface area contributed by atoms with Crippen molar-refractivity contribution in [3.05, 3.63) is 41.1 Å². The van der Waals surface area contributed by atoms with Gasteiger partial charge in [-0.2, -0.15) is 5.10 Å². The fraction of sp³-hybridized carbons (Fsp3) is 0.560. The monoisotopic (exact) mass is 426 g/mol. The van der Waals surface area contributed by atoms with Gasteiger partial charge in [-0.25, -0.2) is 4.68 Å². The molecular weight excluding hydrogens is 388 g/mol. The van der Waals surface area contributed by atoms with Crippen LogP contribution in [0.15, 0.2) is 24.3 Å². The van der Waals surface area contributed by atoms with Crippen LogP contribution in [0.1, 0.15) is 77.1 Å². The predicted octanol–water partition coefficient (Wildman–Crippen LogP) is 5.15. The summed E-state index contributed by atoms with van der Waals surface area (Å²) >= 11 is 0.